The van der Waals surface area contributed by atoms with Crippen molar-refractivity contribution in [3.8, 4) is 44.5 Å². The summed E-state index contributed by atoms with van der Waals surface area (Å²) in [5.74, 6) is -3.09. The lowest BCUT2D eigenvalue weighted by Gasteiger charge is -2.10. The minimum absolute atomic E-state index is 0.376. The molecule has 0 atom stereocenters. The van der Waals surface area contributed by atoms with E-state index in [4.69, 9.17) is 9.97 Å². The van der Waals surface area contributed by atoms with Crippen molar-refractivity contribution in [1.82, 2.24) is 19.9 Å². The zero-order valence-electron chi connectivity index (χ0n) is 37.2. The minimum atomic E-state index is -1.55. The number of hydrogen-bond acceptors (Lipinski definition) is 4. The van der Waals surface area contributed by atoms with E-state index >= 15 is 0 Å². The van der Waals surface area contributed by atoms with Crippen LogP contribution >= 0.6 is 0 Å². The monoisotopic (exact) mass is 840 g/mol. The third kappa shape index (κ3) is 7.90. The zero-order valence-corrected chi connectivity index (χ0v) is 37.2. The molecule has 0 fully saturated rings. The number of H-pyrrole nitrogens is 2. The average Bonchev–Trinajstić information content (AvgIpc) is 4.03. The molecule has 0 aliphatic carbocycles. The Morgan fingerprint density at radius 1 is 0.422 bits per heavy atom. The average molecular weight is 841 g/mol. The van der Waals surface area contributed by atoms with Crippen molar-refractivity contribution in [3.05, 3.63) is 169 Å². The maximum atomic E-state index is 12.6. The summed E-state index contributed by atoms with van der Waals surface area (Å²) in [4.78, 5) is 43.7. The largest absolute Gasteiger partial charge is 0.477 e. The summed E-state index contributed by atoms with van der Waals surface area (Å²) < 4.78 is 0. The number of nitrogens with zero attached hydrogens (tertiary/aromatic N) is 2. The SMILES string of the molecule is Cc1cc(C)cc(-c2c3nc(c(-c4cc(C)cc(C)c4)c4cc(C=C(C(=O)O)C(=O)O)c([nH]4)c(-c4cc(C)cc(C)c4)c4nc(c(-c5cc(C)cc(C)c5)c5ccc2[nH]5)C=C4)C=C3)c1. The highest BCUT2D eigenvalue weighted by Crippen LogP contribution is 2.41. The van der Waals surface area contributed by atoms with E-state index in [-0.39, 0.29) is 0 Å². The molecule has 5 heterocycles. The Morgan fingerprint density at radius 2 is 0.734 bits per heavy atom. The quantitative estimate of drug-likeness (QED) is 0.0718. The predicted molar refractivity (Wildman–Crippen MR) is 262 cm³/mol. The van der Waals surface area contributed by atoms with Gasteiger partial charge >= 0.3 is 11.9 Å². The van der Waals surface area contributed by atoms with Gasteiger partial charge < -0.3 is 20.2 Å². The number of carboxylic acid groups (broad SMARTS) is 2. The summed E-state index contributed by atoms with van der Waals surface area (Å²) in [5.41, 5.74) is 21.0. The Morgan fingerprint density at radius 3 is 1.08 bits per heavy atom. The van der Waals surface area contributed by atoms with Gasteiger partial charge in [0.05, 0.1) is 28.3 Å². The van der Waals surface area contributed by atoms with E-state index in [9.17, 15) is 19.8 Å². The molecule has 0 amide bonds. The highest BCUT2D eigenvalue weighted by atomic mass is 16.4. The molecule has 8 nitrogen and oxygen atoms in total. The molecule has 8 heteroatoms. The number of rotatable bonds is 7. The van der Waals surface area contributed by atoms with Crippen LogP contribution in [0.2, 0.25) is 0 Å². The summed E-state index contributed by atoms with van der Waals surface area (Å²) >= 11 is 0. The molecule has 0 radical (unpaired) electrons. The number of fused-ring (bicyclic) bond motifs is 8. The topological polar surface area (TPSA) is 132 Å². The molecular weight excluding hydrogens is 793 g/mol. The van der Waals surface area contributed by atoms with Crippen LogP contribution in [0.4, 0.5) is 0 Å². The van der Waals surface area contributed by atoms with Crippen LogP contribution < -0.4 is 0 Å². The van der Waals surface area contributed by atoms with Crippen LogP contribution in [0.1, 0.15) is 72.8 Å². The van der Waals surface area contributed by atoms with Gasteiger partial charge in [0.1, 0.15) is 5.57 Å². The van der Waals surface area contributed by atoms with E-state index in [1.807, 2.05) is 44.2 Å². The highest BCUT2D eigenvalue weighted by molar-refractivity contribution is 6.17. The van der Waals surface area contributed by atoms with Crippen LogP contribution in [0, 0.1) is 55.4 Å². The maximum Gasteiger partial charge on any atom is 0.343 e. The van der Waals surface area contributed by atoms with E-state index in [1.165, 1.54) is 6.08 Å². The van der Waals surface area contributed by atoms with Gasteiger partial charge in [-0.25, -0.2) is 19.6 Å². The lowest BCUT2D eigenvalue weighted by atomic mass is 9.97. The smallest absolute Gasteiger partial charge is 0.343 e. The molecule has 2 aliphatic rings. The summed E-state index contributed by atoms with van der Waals surface area (Å²) in [6, 6.07) is 31.7. The Labute approximate surface area is 372 Å². The van der Waals surface area contributed by atoms with Crippen molar-refractivity contribution in [2.75, 3.05) is 0 Å². The van der Waals surface area contributed by atoms with E-state index in [0.29, 0.717) is 33.5 Å². The van der Waals surface area contributed by atoms with Crippen LogP contribution in [0.3, 0.4) is 0 Å². The second-order valence-corrected chi connectivity index (χ2v) is 17.4. The van der Waals surface area contributed by atoms with Gasteiger partial charge in [-0.15, -0.1) is 0 Å². The van der Waals surface area contributed by atoms with Crippen LogP contribution in [0.5, 0.6) is 0 Å². The molecule has 4 aromatic carbocycles. The fraction of sp³-hybridized carbons (Fsp3) is 0.143. The molecule has 9 rings (SSSR count). The van der Waals surface area contributed by atoms with Gasteiger partial charge in [-0.3, -0.25) is 0 Å². The highest BCUT2D eigenvalue weighted by Gasteiger charge is 2.23. The van der Waals surface area contributed by atoms with Crippen molar-refractivity contribution in [3.63, 3.8) is 0 Å². The lowest BCUT2D eigenvalue weighted by molar-refractivity contribution is -0.140. The Bertz CT molecular complexity index is 3330. The number of aromatic amines is 2. The number of aliphatic carboxylic acids is 2. The van der Waals surface area contributed by atoms with E-state index in [1.54, 1.807) is 0 Å². The molecule has 7 aromatic rings. The van der Waals surface area contributed by atoms with Gasteiger partial charge in [0, 0.05) is 44.4 Å². The van der Waals surface area contributed by atoms with Crippen molar-refractivity contribution in [2.45, 2.75) is 55.4 Å². The van der Waals surface area contributed by atoms with Gasteiger partial charge in [0.15, 0.2) is 0 Å². The zero-order chi connectivity index (χ0) is 45.1. The lowest BCUT2D eigenvalue weighted by Crippen LogP contribution is -2.10. The number of aromatic nitrogens is 4. The molecule has 0 spiro atoms. The Balaban J connectivity index is 1.57. The first kappa shape index (κ1) is 41.5. The Kier molecular flexibility index (Phi) is 10.5. The summed E-state index contributed by atoms with van der Waals surface area (Å²) in [5, 5.41) is 20.5. The first-order chi connectivity index (χ1) is 30.6. The fourth-order valence-corrected chi connectivity index (χ4v) is 9.48. The molecule has 4 N–H and O–H groups in total. The van der Waals surface area contributed by atoms with Crippen LogP contribution in [-0.2, 0) is 9.59 Å². The third-order valence-corrected chi connectivity index (χ3v) is 11.7. The van der Waals surface area contributed by atoms with Gasteiger partial charge in [0.25, 0.3) is 0 Å². The number of benzene rings is 4. The first-order valence-electron chi connectivity index (χ1n) is 21.3. The predicted octanol–water partition coefficient (Wildman–Crippen LogP) is 13.3. The number of aryl methyl sites for hydroxylation is 8. The molecule has 2 aliphatic heterocycles. The van der Waals surface area contributed by atoms with Gasteiger partial charge in [0.2, 0.25) is 0 Å². The van der Waals surface area contributed by atoms with E-state index in [0.717, 1.165) is 106 Å². The van der Waals surface area contributed by atoms with Gasteiger partial charge in [-0.05, 0) is 126 Å². The number of hydrogen-bond donors (Lipinski definition) is 4. The molecule has 316 valence electrons. The van der Waals surface area contributed by atoms with E-state index in [2.05, 4.69) is 136 Å². The van der Waals surface area contributed by atoms with Crippen molar-refractivity contribution in [1.29, 1.82) is 0 Å². The summed E-state index contributed by atoms with van der Waals surface area (Å²) in [7, 11) is 0. The summed E-state index contributed by atoms with van der Waals surface area (Å²) in [6.45, 7) is 16.6. The number of carbonyl (C=O) groups is 2. The van der Waals surface area contributed by atoms with Crippen LogP contribution in [0.25, 0.3) is 97.0 Å². The molecule has 0 unspecified atom stereocenters. The molecule has 0 saturated carbocycles. The molecule has 64 heavy (non-hydrogen) atoms. The van der Waals surface area contributed by atoms with Crippen LogP contribution in [0.15, 0.2) is 96.6 Å². The molecule has 3 aromatic heterocycles. The van der Waals surface area contributed by atoms with Gasteiger partial charge in [-0.2, -0.15) is 0 Å². The van der Waals surface area contributed by atoms with Crippen molar-refractivity contribution < 1.29 is 19.8 Å². The second kappa shape index (κ2) is 16.1. The maximum absolute atomic E-state index is 12.6. The van der Waals surface area contributed by atoms with Crippen molar-refractivity contribution >= 4 is 64.4 Å². The number of nitrogens with one attached hydrogen (secondary N) is 2. The van der Waals surface area contributed by atoms with Gasteiger partial charge in [-0.1, -0.05) is 117 Å². The molecule has 8 bridgehead atoms. The first-order valence-corrected chi connectivity index (χ1v) is 21.3. The fourth-order valence-electron chi connectivity index (χ4n) is 9.48. The van der Waals surface area contributed by atoms with Crippen LogP contribution in [-0.4, -0.2) is 42.1 Å². The third-order valence-electron chi connectivity index (χ3n) is 11.7. The molecular formula is C56H48N4O4. The van der Waals surface area contributed by atoms with E-state index < -0.39 is 17.5 Å². The summed E-state index contributed by atoms with van der Waals surface area (Å²) in [6.07, 6.45) is 9.32. The number of carboxylic acids is 2. The molecule has 0 saturated heterocycles. The standard InChI is InChI=1S/C56H48N4O4/c1-29-15-30(2)20-37(19-29)50-43-9-10-44(57-43)51(38-21-31(3)16-32(4)22-38)46-13-14-48(59-46)53(40-25-35(7)18-36(8)26-40)54-41(27-42(55(61)62)56(63)64)28-49(60-54)52(47-12-11-45(50)58-47)39-23-33(5)17-34(6)24-39/h9-28,57,60H,1-8H3,(H,61,62)(H,63,64). The second-order valence-electron chi connectivity index (χ2n) is 17.4. The normalized spacial score (nSPS) is 11.9. The Hall–Kier alpha value is -7.84. The van der Waals surface area contributed by atoms with Crippen molar-refractivity contribution in [2.24, 2.45) is 0 Å². The minimum Gasteiger partial charge on any atom is -0.477 e.